The normalized spacial score (nSPS) is 19.3. The molecule has 0 bridgehead atoms. The molecule has 0 aromatic carbocycles. The summed E-state index contributed by atoms with van der Waals surface area (Å²) < 4.78 is 10.3. The van der Waals surface area contributed by atoms with Crippen LogP contribution < -0.4 is 0 Å². The van der Waals surface area contributed by atoms with Gasteiger partial charge in [-0.05, 0) is 19.3 Å². The van der Waals surface area contributed by atoms with E-state index in [0.717, 1.165) is 41.3 Å². The largest absolute Gasteiger partial charge is 0.388 e. The highest BCUT2D eigenvalue weighted by Crippen LogP contribution is 2.34. The van der Waals surface area contributed by atoms with Crippen LogP contribution in [0.1, 0.15) is 34.5 Å². The fraction of sp³-hybridized carbons (Fsp3) is 0.750. The van der Waals surface area contributed by atoms with Crippen molar-refractivity contribution < 1.29 is 14.6 Å². The van der Waals surface area contributed by atoms with Gasteiger partial charge < -0.3 is 14.6 Å². The second-order valence-corrected chi connectivity index (χ2v) is 5.30. The summed E-state index contributed by atoms with van der Waals surface area (Å²) >= 11 is 1.63. The number of rotatable bonds is 6. The van der Waals surface area contributed by atoms with E-state index in [4.69, 9.17) is 9.47 Å². The van der Waals surface area contributed by atoms with Gasteiger partial charge in [-0.25, -0.2) is 4.98 Å². The second kappa shape index (κ2) is 6.44. The number of fused-ring (bicyclic) bond motifs is 1. The van der Waals surface area contributed by atoms with Gasteiger partial charge in [-0.2, -0.15) is 0 Å². The molecule has 0 spiro atoms. The third-order valence-corrected chi connectivity index (χ3v) is 4.12. The summed E-state index contributed by atoms with van der Waals surface area (Å²) in [5, 5.41) is 10.9. The molecule has 0 aliphatic heterocycles. The minimum absolute atomic E-state index is 0.292. The number of thiazole rings is 1. The lowest BCUT2D eigenvalue weighted by molar-refractivity contribution is 0.0722. The number of aliphatic hydroxyl groups is 1. The summed E-state index contributed by atoms with van der Waals surface area (Å²) in [5.41, 5.74) is 1.10. The third-order valence-electron chi connectivity index (χ3n) is 2.86. The lowest BCUT2D eigenvalue weighted by atomic mass is 10.0. The maximum absolute atomic E-state index is 9.84. The van der Waals surface area contributed by atoms with Crippen LogP contribution in [-0.4, -0.2) is 37.0 Å². The molecule has 1 aliphatic rings. The molecular formula is C12H19NO3S. The SMILES string of the molecule is COCCOCCc1nc2c(s1)C(O)CCC2. The maximum Gasteiger partial charge on any atom is 0.0955 e. The third kappa shape index (κ3) is 3.48. The molecule has 5 heteroatoms. The van der Waals surface area contributed by atoms with Gasteiger partial charge in [0.05, 0.1) is 41.5 Å². The van der Waals surface area contributed by atoms with Crippen molar-refractivity contribution >= 4 is 11.3 Å². The molecule has 0 radical (unpaired) electrons. The van der Waals surface area contributed by atoms with Crippen LogP contribution in [0, 0.1) is 0 Å². The summed E-state index contributed by atoms with van der Waals surface area (Å²) in [6.45, 7) is 1.93. The molecule has 1 atom stereocenters. The number of hydrogen-bond donors (Lipinski definition) is 1. The van der Waals surface area contributed by atoms with E-state index in [-0.39, 0.29) is 6.10 Å². The molecule has 1 heterocycles. The number of aryl methyl sites for hydroxylation is 1. The summed E-state index contributed by atoms with van der Waals surface area (Å²) in [6.07, 6.45) is 3.46. The lowest BCUT2D eigenvalue weighted by Crippen LogP contribution is -2.06. The predicted octanol–water partition coefficient (Wildman–Crippen LogP) is 1.72. The van der Waals surface area contributed by atoms with E-state index in [2.05, 4.69) is 4.98 Å². The van der Waals surface area contributed by atoms with Crippen LogP contribution >= 0.6 is 11.3 Å². The van der Waals surface area contributed by atoms with E-state index < -0.39 is 0 Å². The minimum Gasteiger partial charge on any atom is -0.388 e. The topological polar surface area (TPSA) is 51.6 Å². The van der Waals surface area contributed by atoms with Crippen molar-refractivity contribution in [1.82, 2.24) is 4.98 Å². The van der Waals surface area contributed by atoms with Crippen LogP contribution in [0.5, 0.6) is 0 Å². The number of hydrogen-bond acceptors (Lipinski definition) is 5. The number of methoxy groups -OCH3 is 1. The van der Waals surface area contributed by atoms with E-state index in [1.807, 2.05) is 0 Å². The van der Waals surface area contributed by atoms with Crippen LogP contribution in [0.3, 0.4) is 0 Å². The zero-order valence-corrected chi connectivity index (χ0v) is 11.0. The van der Waals surface area contributed by atoms with Crippen LogP contribution in [0.15, 0.2) is 0 Å². The van der Waals surface area contributed by atoms with E-state index in [1.54, 1.807) is 18.4 Å². The first kappa shape index (κ1) is 13.0. The van der Waals surface area contributed by atoms with Crippen molar-refractivity contribution in [3.8, 4) is 0 Å². The average Bonchev–Trinajstić information content (AvgIpc) is 2.73. The van der Waals surface area contributed by atoms with Gasteiger partial charge in [-0.15, -0.1) is 11.3 Å². The molecule has 0 saturated carbocycles. The fourth-order valence-corrected chi connectivity index (χ4v) is 3.07. The van der Waals surface area contributed by atoms with E-state index in [9.17, 15) is 5.11 Å². The van der Waals surface area contributed by atoms with Gasteiger partial charge in [0.2, 0.25) is 0 Å². The van der Waals surface area contributed by atoms with Gasteiger partial charge in [0.15, 0.2) is 0 Å². The van der Waals surface area contributed by atoms with E-state index in [0.29, 0.717) is 19.8 Å². The molecule has 0 fully saturated rings. The maximum atomic E-state index is 9.84. The van der Waals surface area contributed by atoms with Crippen LogP contribution in [0.25, 0.3) is 0 Å². The molecule has 4 nitrogen and oxygen atoms in total. The highest BCUT2D eigenvalue weighted by Gasteiger charge is 2.22. The van der Waals surface area contributed by atoms with Crippen molar-refractivity contribution in [3.05, 3.63) is 15.6 Å². The first-order valence-electron chi connectivity index (χ1n) is 6.04. The van der Waals surface area contributed by atoms with Gasteiger partial charge in [0.1, 0.15) is 0 Å². The summed E-state index contributed by atoms with van der Waals surface area (Å²) in [4.78, 5) is 5.64. The highest BCUT2D eigenvalue weighted by molar-refractivity contribution is 7.11. The first-order valence-corrected chi connectivity index (χ1v) is 6.86. The Labute approximate surface area is 106 Å². The Morgan fingerprint density at radius 3 is 3.06 bits per heavy atom. The number of ether oxygens (including phenoxy) is 2. The fourth-order valence-electron chi connectivity index (χ4n) is 1.96. The Kier molecular flexibility index (Phi) is 4.91. The molecule has 96 valence electrons. The summed E-state index contributed by atoms with van der Waals surface area (Å²) in [5.74, 6) is 0. The Balaban J connectivity index is 1.81. The van der Waals surface area contributed by atoms with Crippen LogP contribution in [0.4, 0.5) is 0 Å². The molecule has 1 aliphatic carbocycles. The van der Waals surface area contributed by atoms with Gasteiger partial charge in [-0.1, -0.05) is 0 Å². The van der Waals surface area contributed by atoms with Crippen molar-refractivity contribution in [3.63, 3.8) is 0 Å². The summed E-state index contributed by atoms with van der Waals surface area (Å²) in [7, 11) is 1.67. The Morgan fingerprint density at radius 2 is 2.29 bits per heavy atom. The zero-order valence-electron chi connectivity index (χ0n) is 10.1. The van der Waals surface area contributed by atoms with Gasteiger partial charge in [0.25, 0.3) is 0 Å². The van der Waals surface area contributed by atoms with Crippen molar-refractivity contribution in [2.75, 3.05) is 26.9 Å². The molecule has 17 heavy (non-hydrogen) atoms. The smallest absolute Gasteiger partial charge is 0.0955 e. The van der Waals surface area contributed by atoms with Crippen LogP contribution in [0.2, 0.25) is 0 Å². The summed E-state index contributed by atoms with van der Waals surface area (Å²) in [6, 6.07) is 0. The number of aromatic nitrogens is 1. The molecule has 1 unspecified atom stereocenters. The van der Waals surface area contributed by atoms with Crippen LogP contribution in [-0.2, 0) is 22.3 Å². The minimum atomic E-state index is -0.292. The Morgan fingerprint density at radius 1 is 1.41 bits per heavy atom. The quantitative estimate of drug-likeness (QED) is 0.788. The second-order valence-electron chi connectivity index (χ2n) is 4.18. The predicted molar refractivity (Wildman–Crippen MR) is 66.4 cm³/mol. The number of nitrogens with zero attached hydrogens (tertiary/aromatic N) is 1. The molecular weight excluding hydrogens is 238 g/mol. The average molecular weight is 257 g/mol. The molecule has 0 amide bonds. The molecule has 1 aromatic rings. The van der Waals surface area contributed by atoms with Gasteiger partial charge in [0, 0.05) is 13.5 Å². The van der Waals surface area contributed by atoms with Crippen molar-refractivity contribution in [1.29, 1.82) is 0 Å². The van der Waals surface area contributed by atoms with Gasteiger partial charge >= 0.3 is 0 Å². The molecule has 0 saturated heterocycles. The molecule has 1 N–H and O–H groups in total. The Bertz CT molecular complexity index is 354. The lowest BCUT2D eigenvalue weighted by Gasteiger charge is -2.14. The van der Waals surface area contributed by atoms with Crippen molar-refractivity contribution in [2.45, 2.75) is 31.8 Å². The first-order chi connectivity index (χ1) is 8.31. The van der Waals surface area contributed by atoms with Crippen molar-refractivity contribution in [2.24, 2.45) is 0 Å². The van der Waals surface area contributed by atoms with E-state index >= 15 is 0 Å². The van der Waals surface area contributed by atoms with E-state index in [1.165, 1.54) is 0 Å². The standard InChI is InChI=1S/C12H19NO3S/c1-15-7-8-16-6-5-11-13-9-3-2-4-10(14)12(9)17-11/h10,14H,2-8H2,1H3. The molecule has 1 aromatic heterocycles. The number of aliphatic hydroxyl groups excluding tert-OH is 1. The molecule has 2 rings (SSSR count). The van der Waals surface area contributed by atoms with Gasteiger partial charge in [-0.3, -0.25) is 0 Å². The zero-order chi connectivity index (χ0) is 12.1. The Hall–Kier alpha value is -0.490. The highest BCUT2D eigenvalue weighted by atomic mass is 32.1. The monoisotopic (exact) mass is 257 g/mol.